The molecular weight excluding hydrogens is 242 g/mol. The molecule has 20 heavy (non-hydrogen) atoms. The van der Waals surface area contributed by atoms with E-state index < -0.39 is 0 Å². The van der Waals surface area contributed by atoms with Crippen molar-refractivity contribution in [3.63, 3.8) is 0 Å². The van der Waals surface area contributed by atoms with Crippen LogP contribution in [0.1, 0.15) is 62.3 Å². The van der Waals surface area contributed by atoms with E-state index in [2.05, 4.69) is 40.5 Å². The van der Waals surface area contributed by atoms with Crippen LogP contribution in [0, 0.1) is 5.92 Å². The average molecular weight is 286 g/mol. The lowest BCUT2D eigenvalue weighted by atomic mass is 10.3. The van der Waals surface area contributed by atoms with Gasteiger partial charge in [-0.25, -0.2) is 0 Å². The third-order valence-electron chi connectivity index (χ3n) is 0. The molecule has 0 saturated carbocycles. The molecule has 0 radical (unpaired) electrons. The third-order valence-corrected chi connectivity index (χ3v) is 0. The van der Waals surface area contributed by atoms with E-state index in [1.165, 1.54) is 16.7 Å². The molecule has 0 bridgehead atoms. The van der Waals surface area contributed by atoms with Crippen molar-refractivity contribution in [2.75, 3.05) is 21.1 Å². The van der Waals surface area contributed by atoms with Crippen molar-refractivity contribution in [2.24, 2.45) is 5.92 Å². The number of hydrogen-bond acceptors (Lipinski definition) is 1. The Balaban J connectivity index is -0.0000000469. The van der Waals surface area contributed by atoms with Crippen molar-refractivity contribution >= 4 is 0 Å². The van der Waals surface area contributed by atoms with Gasteiger partial charge < -0.3 is 4.90 Å². The lowest BCUT2D eigenvalue weighted by molar-refractivity contribution is 0.505. The zero-order chi connectivity index (χ0) is 17.9. The minimum absolute atomic E-state index is 0.833. The predicted molar refractivity (Wildman–Crippen MR) is 102 cm³/mol. The van der Waals surface area contributed by atoms with Gasteiger partial charge in [-0.2, -0.15) is 0 Å². The Hall–Kier alpha value is -0.820. The summed E-state index contributed by atoms with van der Waals surface area (Å²) in [5.74, 6) is 0.833. The van der Waals surface area contributed by atoms with Crippen LogP contribution < -0.4 is 0 Å². The first kappa shape index (κ1) is 31.5. The normalized spacial score (nSPS) is 7.50. The number of rotatable bonds is 0. The molecule has 0 aliphatic rings. The lowest BCUT2D eigenvalue weighted by Gasteiger charge is -1.90. The average Bonchev–Trinajstić information content (AvgIpc) is 1.94. The van der Waals surface area contributed by atoms with E-state index >= 15 is 0 Å². The highest BCUT2D eigenvalue weighted by Crippen LogP contribution is 1.81. The van der Waals surface area contributed by atoms with Gasteiger partial charge in [0.1, 0.15) is 0 Å². The number of hydrogen-bond donors (Lipinski definition) is 0. The fourth-order valence-electron chi connectivity index (χ4n) is 0. The van der Waals surface area contributed by atoms with Gasteiger partial charge in [-0.15, -0.1) is 19.7 Å². The molecule has 0 N–H and O–H groups in total. The van der Waals surface area contributed by atoms with Gasteiger partial charge in [0.05, 0.1) is 0 Å². The second-order valence-corrected chi connectivity index (χ2v) is 6.70. The summed E-state index contributed by atoms with van der Waals surface area (Å²) in [7, 11) is 6.00. The van der Waals surface area contributed by atoms with Crippen LogP contribution in [0.15, 0.2) is 36.5 Å². The Bertz CT molecular complexity index is 158. The van der Waals surface area contributed by atoms with Crippen molar-refractivity contribution in [1.29, 1.82) is 0 Å². The molecule has 0 aromatic carbocycles. The second kappa shape index (κ2) is 26.7. The number of nitrogens with zero attached hydrogens (tertiary/aromatic N) is 1. The van der Waals surface area contributed by atoms with Crippen LogP contribution in [0.3, 0.4) is 0 Å². The molecule has 0 fully saturated rings. The monoisotopic (exact) mass is 285 g/mol. The molecule has 0 aromatic heterocycles. The van der Waals surface area contributed by atoms with Gasteiger partial charge in [-0.1, -0.05) is 37.5 Å². The molecule has 0 spiro atoms. The van der Waals surface area contributed by atoms with Crippen LogP contribution in [0.5, 0.6) is 0 Å². The van der Waals surface area contributed by atoms with E-state index in [4.69, 9.17) is 0 Å². The van der Waals surface area contributed by atoms with Gasteiger partial charge in [-0.05, 0) is 68.6 Å². The smallest absolute Gasteiger partial charge is 0.0140 e. The Kier molecular flexibility index (Phi) is 42.1. The molecule has 124 valence electrons. The highest BCUT2D eigenvalue weighted by molar-refractivity contribution is 4.79. The van der Waals surface area contributed by atoms with Crippen LogP contribution in [-0.2, 0) is 0 Å². The Morgan fingerprint density at radius 2 is 0.600 bits per heavy atom. The Morgan fingerprint density at radius 3 is 0.600 bits per heavy atom. The summed E-state index contributed by atoms with van der Waals surface area (Å²) in [6.07, 6.45) is 0. The highest BCUT2D eigenvalue weighted by Gasteiger charge is 1.68. The first-order chi connectivity index (χ1) is 8.66. The van der Waals surface area contributed by atoms with Crippen molar-refractivity contribution < 1.29 is 0 Å². The zero-order valence-electron chi connectivity index (χ0n) is 16.6. The summed E-state index contributed by atoms with van der Waals surface area (Å²) in [6.45, 7) is 29.0. The van der Waals surface area contributed by atoms with E-state index in [1.54, 1.807) is 0 Å². The van der Waals surface area contributed by atoms with E-state index in [0.29, 0.717) is 0 Å². The minimum atomic E-state index is 0.833. The van der Waals surface area contributed by atoms with Crippen LogP contribution in [0.2, 0.25) is 0 Å². The van der Waals surface area contributed by atoms with E-state index in [-0.39, 0.29) is 0 Å². The summed E-state index contributed by atoms with van der Waals surface area (Å²) in [4.78, 5) is 2.00. The molecule has 0 saturated heterocycles. The molecule has 0 heterocycles. The van der Waals surface area contributed by atoms with Crippen LogP contribution in [0.4, 0.5) is 0 Å². The van der Waals surface area contributed by atoms with Crippen molar-refractivity contribution in [2.45, 2.75) is 62.3 Å². The van der Waals surface area contributed by atoms with E-state index in [9.17, 15) is 0 Å². The van der Waals surface area contributed by atoms with Crippen molar-refractivity contribution in [3.8, 4) is 0 Å². The Morgan fingerprint density at radius 1 is 0.600 bits per heavy atom. The lowest BCUT2D eigenvalue weighted by Crippen LogP contribution is -1.99. The molecule has 0 rings (SSSR count). The van der Waals surface area contributed by atoms with Gasteiger partial charge in [0.2, 0.25) is 0 Å². The molecule has 1 heteroatoms. The van der Waals surface area contributed by atoms with Crippen molar-refractivity contribution in [3.05, 3.63) is 36.5 Å². The first-order valence-electron chi connectivity index (χ1n) is 7.13. The SMILES string of the molecule is C=C(C)C.C=C(C)C.C=C(C)C.CC(C)C.CN(C)C. The van der Waals surface area contributed by atoms with Crippen LogP contribution in [-0.4, -0.2) is 26.0 Å². The first-order valence-corrected chi connectivity index (χ1v) is 7.13. The van der Waals surface area contributed by atoms with Crippen LogP contribution in [0.25, 0.3) is 0 Å². The van der Waals surface area contributed by atoms with Crippen LogP contribution >= 0.6 is 0 Å². The maximum atomic E-state index is 3.56. The molecule has 0 unspecified atom stereocenters. The molecule has 0 atom stereocenters. The largest absolute Gasteiger partial charge is 0.312 e. The third kappa shape index (κ3) is 6690. The quantitative estimate of drug-likeness (QED) is 0.454. The van der Waals surface area contributed by atoms with E-state index in [1.807, 2.05) is 67.6 Å². The molecule has 0 aliphatic heterocycles. The van der Waals surface area contributed by atoms with Crippen molar-refractivity contribution in [1.82, 2.24) is 4.90 Å². The predicted octanol–water partition coefficient (Wildman–Crippen LogP) is 6.59. The summed E-state index contributed by atoms with van der Waals surface area (Å²) in [5.41, 5.74) is 3.50. The summed E-state index contributed by atoms with van der Waals surface area (Å²) >= 11 is 0. The standard InChI is InChI=1S/C4H10.3C4H8.C3H9N/c5*1-4(2)3/h4H,1-3H3;3*1H2,2-3H3;1-3H3. The van der Waals surface area contributed by atoms with E-state index in [0.717, 1.165) is 5.92 Å². The maximum Gasteiger partial charge on any atom is -0.0140 e. The fourth-order valence-corrected chi connectivity index (χ4v) is 0. The molecule has 1 nitrogen and oxygen atoms in total. The molecule has 0 aliphatic carbocycles. The Labute approximate surface area is 131 Å². The minimum Gasteiger partial charge on any atom is -0.312 e. The maximum absolute atomic E-state index is 3.56. The summed E-state index contributed by atoms with van der Waals surface area (Å²) in [6, 6.07) is 0. The van der Waals surface area contributed by atoms with Gasteiger partial charge in [0.15, 0.2) is 0 Å². The fraction of sp³-hybridized carbons (Fsp3) is 0.684. The number of allylic oxidation sites excluding steroid dienone is 3. The van der Waals surface area contributed by atoms with Gasteiger partial charge >= 0.3 is 0 Å². The second-order valence-electron chi connectivity index (χ2n) is 6.70. The van der Waals surface area contributed by atoms with Gasteiger partial charge in [-0.3, -0.25) is 0 Å². The van der Waals surface area contributed by atoms with Gasteiger partial charge in [0.25, 0.3) is 0 Å². The molecular formula is C19H43N. The summed E-state index contributed by atoms with van der Waals surface area (Å²) in [5, 5.41) is 0. The topological polar surface area (TPSA) is 3.24 Å². The van der Waals surface area contributed by atoms with Gasteiger partial charge in [0, 0.05) is 0 Å². The zero-order valence-corrected chi connectivity index (χ0v) is 16.6. The molecule has 0 aromatic rings. The summed E-state index contributed by atoms with van der Waals surface area (Å²) < 4.78 is 0. The highest BCUT2D eigenvalue weighted by atomic mass is 15.0. The molecule has 0 amide bonds.